The molecule has 32 heavy (non-hydrogen) atoms. The van der Waals surface area contributed by atoms with Crippen molar-refractivity contribution in [3.05, 3.63) is 83.4 Å². The Bertz CT molecular complexity index is 1090. The average Bonchev–Trinajstić information content (AvgIpc) is 3.27. The fourth-order valence-corrected chi connectivity index (χ4v) is 7.56. The molecule has 3 aromatic rings. The summed E-state index contributed by atoms with van der Waals surface area (Å²) in [5.41, 5.74) is -0.655. The molecule has 0 saturated carbocycles. The number of aromatic nitrogens is 2. The summed E-state index contributed by atoms with van der Waals surface area (Å²) in [5, 5.41) is 4.90. The highest BCUT2D eigenvalue weighted by Gasteiger charge is 2.36. The van der Waals surface area contributed by atoms with Gasteiger partial charge in [-0.15, -0.1) is 11.8 Å². The van der Waals surface area contributed by atoms with E-state index in [0.717, 1.165) is 0 Å². The molecule has 2 unspecified atom stereocenters. The number of hydrogen-bond acceptors (Lipinski definition) is 6. The van der Waals surface area contributed by atoms with Crippen molar-refractivity contribution in [2.24, 2.45) is 0 Å². The maximum absolute atomic E-state index is 12.4. The van der Waals surface area contributed by atoms with Crippen LogP contribution in [-0.4, -0.2) is 41.6 Å². The Balaban J connectivity index is 1.46. The summed E-state index contributed by atoms with van der Waals surface area (Å²) in [6.45, 7) is 3.99. The fraction of sp³-hybridized carbons (Fsp3) is 0.261. The lowest BCUT2D eigenvalue weighted by Gasteiger charge is -2.29. The summed E-state index contributed by atoms with van der Waals surface area (Å²) in [6.07, 6.45) is 1.17. The van der Waals surface area contributed by atoms with Gasteiger partial charge in [-0.2, -0.15) is 4.98 Å². The van der Waals surface area contributed by atoms with Gasteiger partial charge in [0, 0.05) is 18.9 Å². The van der Waals surface area contributed by atoms with Crippen LogP contribution in [0.5, 0.6) is 0 Å². The van der Waals surface area contributed by atoms with Crippen LogP contribution in [0.1, 0.15) is 13.2 Å². The van der Waals surface area contributed by atoms with E-state index in [2.05, 4.69) is 41.1 Å². The van der Waals surface area contributed by atoms with Crippen molar-refractivity contribution in [2.45, 2.75) is 25.1 Å². The van der Waals surface area contributed by atoms with Crippen molar-refractivity contribution < 1.29 is 14.0 Å². The summed E-state index contributed by atoms with van der Waals surface area (Å²) < 4.78 is 14.2. The molecule has 1 amide bonds. The number of hydrogen-bond donors (Lipinski definition) is 1. The number of rotatable bonds is 7. The monoisotopic (exact) mass is 467 g/mol. The first-order valence-corrected chi connectivity index (χ1v) is 13.8. The lowest BCUT2D eigenvalue weighted by Crippen LogP contribution is -2.59. The Morgan fingerprint density at radius 1 is 1.16 bits per heavy atom. The van der Waals surface area contributed by atoms with Gasteiger partial charge in [0.25, 0.3) is 8.32 Å². The quantitative estimate of drug-likeness (QED) is 0.537. The third kappa shape index (κ3) is 5.02. The van der Waals surface area contributed by atoms with Gasteiger partial charge in [-0.3, -0.25) is 9.36 Å². The van der Waals surface area contributed by atoms with Gasteiger partial charge in [-0.25, -0.2) is 4.79 Å². The number of nitrogens with zero attached hydrogens (tertiary/aromatic N) is 2. The normalized spacial score (nSPS) is 18.4. The van der Waals surface area contributed by atoms with Crippen molar-refractivity contribution in [2.75, 3.05) is 17.7 Å². The summed E-state index contributed by atoms with van der Waals surface area (Å²) in [6, 6.07) is 22.2. The molecule has 7 nitrogen and oxygen atoms in total. The van der Waals surface area contributed by atoms with Gasteiger partial charge in [0.2, 0.25) is 5.91 Å². The Hall–Kier alpha value is -2.72. The first-order valence-electron chi connectivity index (χ1n) is 10.3. The van der Waals surface area contributed by atoms with Gasteiger partial charge in [0.15, 0.2) is 0 Å². The van der Waals surface area contributed by atoms with Crippen LogP contribution in [0, 0.1) is 0 Å². The first kappa shape index (κ1) is 22.5. The first-order chi connectivity index (χ1) is 15.5. The van der Waals surface area contributed by atoms with Crippen LogP contribution < -0.4 is 21.4 Å². The topological polar surface area (TPSA) is 82.5 Å². The molecule has 1 N–H and O–H groups in total. The molecule has 4 rings (SSSR count). The molecule has 166 valence electrons. The third-order valence-corrected chi connectivity index (χ3v) is 10.0. The number of nitrogens with one attached hydrogen (secondary N) is 1. The summed E-state index contributed by atoms with van der Waals surface area (Å²) in [4.78, 5) is 27.5. The highest BCUT2D eigenvalue weighted by molar-refractivity contribution is 8.00. The molecule has 1 aliphatic heterocycles. The number of anilines is 1. The van der Waals surface area contributed by atoms with E-state index in [-0.39, 0.29) is 17.2 Å². The number of carbonyl (C=O) groups excluding carboxylic acids is 1. The summed E-state index contributed by atoms with van der Waals surface area (Å²) in [5.74, 6) is 0.574. The van der Waals surface area contributed by atoms with E-state index in [1.54, 1.807) is 24.0 Å². The van der Waals surface area contributed by atoms with E-state index < -0.39 is 20.2 Å². The molecule has 1 saturated heterocycles. The Morgan fingerprint density at radius 2 is 1.78 bits per heavy atom. The van der Waals surface area contributed by atoms with Crippen molar-refractivity contribution in [1.82, 2.24) is 9.55 Å². The predicted molar refractivity (Wildman–Crippen MR) is 129 cm³/mol. The van der Waals surface area contributed by atoms with E-state index in [4.69, 9.17) is 9.16 Å². The van der Waals surface area contributed by atoms with Crippen LogP contribution >= 0.6 is 11.8 Å². The van der Waals surface area contributed by atoms with Crippen LogP contribution in [-0.2, 0) is 14.0 Å². The highest BCUT2D eigenvalue weighted by Crippen LogP contribution is 2.31. The fourth-order valence-electron chi connectivity index (χ4n) is 3.64. The van der Waals surface area contributed by atoms with Crippen LogP contribution in [0.2, 0.25) is 6.55 Å². The molecule has 1 aromatic heterocycles. The standard InChI is InChI=1S/C23H25N3O4SSi/c1-17(27)24-20-13-14-26(23(28)25-20)21-16-31-22(30-21)15-29-32(2,18-9-5-3-6-10-18)19-11-7-4-8-12-19/h3-14,21-22H,15-16H2,1-2H3,(H,24,25,27,28). The van der Waals surface area contributed by atoms with Gasteiger partial charge in [-0.1, -0.05) is 60.7 Å². The second kappa shape index (κ2) is 9.82. The molecular formula is C23H25N3O4SSi. The smallest absolute Gasteiger partial charge is 0.351 e. The van der Waals surface area contributed by atoms with Crippen LogP contribution in [0.15, 0.2) is 77.7 Å². The van der Waals surface area contributed by atoms with E-state index in [0.29, 0.717) is 12.4 Å². The Kier molecular flexibility index (Phi) is 6.90. The molecule has 9 heteroatoms. The minimum absolute atomic E-state index is 0.193. The molecular weight excluding hydrogens is 442 g/mol. The zero-order chi connectivity index (χ0) is 22.6. The maximum atomic E-state index is 12.4. The van der Waals surface area contributed by atoms with E-state index in [9.17, 15) is 9.59 Å². The molecule has 0 spiro atoms. The third-order valence-electron chi connectivity index (χ3n) is 5.34. The summed E-state index contributed by atoms with van der Waals surface area (Å²) in [7, 11) is -2.42. The van der Waals surface area contributed by atoms with Gasteiger partial charge in [0.1, 0.15) is 17.5 Å². The van der Waals surface area contributed by atoms with Crippen molar-refractivity contribution in [3.8, 4) is 0 Å². The lowest BCUT2D eigenvalue weighted by atomic mass is 10.4. The zero-order valence-corrected chi connectivity index (χ0v) is 19.7. The van der Waals surface area contributed by atoms with Gasteiger partial charge < -0.3 is 14.5 Å². The average molecular weight is 468 g/mol. The summed E-state index contributed by atoms with van der Waals surface area (Å²) >= 11 is 1.62. The minimum atomic E-state index is -2.42. The van der Waals surface area contributed by atoms with Gasteiger partial charge in [-0.05, 0) is 23.0 Å². The molecule has 2 atom stereocenters. The van der Waals surface area contributed by atoms with Crippen LogP contribution in [0.3, 0.4) is 0 Å². The second-order valence-electron chi connectivity index (χ2n) is 7.61. The SMILES string of the molecule is CC(=O)Nc1ccn(C2CSC(CO[Si](C)(c3ccccc3)c3ccccc3)O2)c(=O)n1. The number of benzene rings is 2. The zero-order valence-electron chi connectivity index (χ0n) is 17.9. The minimum Gasteiger partial charge on any atom is -0.405 e. The van der Waals surface area contributed by atoms with Crippen LogP contribution in [0.4, 0.5) is 5.82 Å². The maximum Gasteiger partial charge on any atom is 0.351 e. The molecule has 1 fully saturated rings. The number of carbonyl (C=O) groups is 1. The predicted octanol–water partition coefficient (Wildman–Crippen LogP) is 2.20. The molecule has 0 bridgehead atoms. The molecule has 0 aliphatic carbocycles. The number of amides is 1. The van der Waals surface area contributed by atoms with Gasteiger partial charge in [0.05, 0.1) is 6.61 Å². The van der Waals surface area contributed by atoms with Gasteiger partial charge >= 0.3 is 5.69 Å². The Morgan fingerprint density at radius 3 is 2.34 bits per heavy atom. The van der Waals surface area contributed by atoms with Crippen LogP contribution in [0.25, 0.3) is 0 Å². The highest BCUT2D eigenvalue weighted by atomic mass is 32.2. The molecule has 0 radical (unpaired) electrons. The molecule has 2 aromatic carbocycles. The van der Waals surface area contributed by atoms with Crippen molar-refractivity contribution in [3.63, 3.8) is 0 Å². The van der Waals surface area contributed by atoms with Crippen molar-refractivity contribution in [1.29, 1.82) is 0 Å². The lowest BCUT2D eigenvalue weighted by molar-refractivity contribution is -0.114. The second-order valence-corrected chi connectivity index (χ2v) is 12.3. The number of thioether (sulfide) groups is 1. The largest absolute Gasteiger partial charge is 0.405 e. The number of ether oxygens (including phenoxy) is 1. The molecule has 2 heterocycles. The van der Waals surface area contributed by atoms with Crippen molar-refractivity contribution >= 4 is 42.2 Å². The Labute approximate surface area is 191 Å². The van der Waals surface area contributed by atoms with E-state index in [1.807, 2.05) is 36.4 Å². The van der Waals surface area contributed by atoms with E-state index in [1.165, 1.54) is 21.9 Å². The van der Waals surface area contributed by atoms with E-state index >= 15 is 0 Å². The molecule has 1 aliphatic rings.